The summed E-state index contributed by atoms with van der Waals surface area (Å²) in [6.45, 7) is 4.18. The lowest BCUT2D eigenvalue weighted by atomic mass is 9.82. The summed E-state index contributed by atoms with van der Waals surface area (Å²) in [6, 6.07) is 3.28. The molecular formula is C14H18ClF. The molecule has 1 saturated carbocycles. The number of rotatable bonds is 2. The van der Waals surface area contributed by atoms with Gasteiger partial charge in [-0.25, -0.2) is 4.39 Å². The number of hydrogen-bond acceptors (Lipinski definition) is 0. The number of benzene rings is 1. The molecule has 2 rings (SSSR count). The van der Waals surface area contributed by atoms with Gasteiger partial charge in [0.1, 0.15) is 5.82 Å². The molecule has 0 aromatic heterocycles. The Bertz CT molecular complexity index is 392. The highest BCUT2D eigenvalue weighted by Crippen LogP contribution is 2.42. The molecule has 0 bridgehead atoms. The van der Waals surface area contributed by atoms with Gasteiger partial charge in [-0.1, -0.05) is 37.4 Å². The van der Waals surface area contributed by atoms with E-state index >= 15 is 0 Å². The molecule has 1 aliphatic rings. The van der Waals surface area contributed by atoms with Crippen molar-refractivity contribution in [1.82, 2.24) is 0 Å². The van der Waals surface area contributed by atoms with E-state index in [-0.39, 0.29) is 11.2 Å². The Morgan fingerprint density at radius 2 is 1.94 bits per heavy atom. The zero-order chi connectivity index (χ0) is 11.8. The van der Waals surface area contributed by atoms with Crippen molar-refractivity contribution in [3.8, 4) is 0 Å². The molecule has 16 heavy (non-hydrogen) atoms. The minimum atomic E-state index is -0.149. The van der Waals surface area contributed by atoms with Crippen LogP contribution in [0.5, 0.6) is 0 Å². The second-order valence-corrected chi connectivity index (χ2v) is 5.73. The molecule has 0 nitrogen and oxygen atoms in total. The molecule has 88 valence electrons. The Balaban J connectivity index is 2.30. The third-order valence-electron chi connectivity index (χ3n) is 3.79. The van der Waals surface area contributed by atoms with Crippen LogP contribution in [0.25, 0.3) is 0 Å². The molecule has 1 fully saturated rings. The zero-order valence-corrected chi connectivity index (χ0v) is 10.7. The smallest absolute Gasteiger partial charge is 0.127 e. The van der Waals surface area contributed by atoms with Crippen molar-refractivity contribution in [1.29, 1.82) is 0 Å². The number of halogens is 2. The molecule has 0 unspecified atom stereocenters. The maximum Gasteiger partial charge on any atom is 0.127 e. The van der Waals surface area contributed by atoms with Gasteiger partial charge in [0.2, 0.25) is 0 Å². The van der Waals surface area contributed by atoms with E-state index in [4.69, 9.17) is 11.6 Å². The van der Waals surface area contributed by atoms with Crippen LogP contribution in [0.4, 0.5) is 4.39 Å². The van der Waals surface area contributed by atoms with Crippen molar-refractivity contribution in [3.05, 3.63) is 34.1 Å². The quantitative estimate of drug-likeness (QED) is 0.689. The topological polar surface area (TPSA) is 0 Å². The summed E-state index contributed by atoms with van der Waals surface area (Å²) in [4.78, 5) is 0. The van der Waals surface area contributed by atoms with Gasteiger partial charge in [0.05, 0.1) is 0 Å². The highest BCUT2D eigenvalue weighted by atomic mass is 35.5. The standard InChI is InChI=1S/C14H18ClF/c1-10-5-6-12(16)11(13(10)15)9-14(2)7-3-4-8-14/h5-6H,3-4,7-9H2,1-2H3. The summed E-state index contributed by atoms with van der Waals surface area (Å²) < 4.78 is 13.8. The molecule has 1 aromatic rings. The minimum absolute atomic E-state index is 0.149. The predicted molar refractivity (Wildman–Crippen MR) is 66.4 cm³/mol. The van der Waals surface area contributed by atoms with Crippen LogP contribution in [0.1, 0.15) is 43.7 Å². The summed E-state index contributed by atoms with van der Waals surface area (Å²) in [7, 11) is 0. The van der Waals surface area contributed by atoms with Gasteiger partial charge >= 0.3 is 0 Å². The van der Waals surface area contributed by atoms with Crippen LogP contribution in [0.3, 0.4) is 0 Å². The van der Waals surface area contributed by atoms with Gasteiger partial charge in [0.15, 0.2) is 0 Å². The SMILES string of the molecule is Cc1ccc(F)c(CC2(C)CCCC2)c1Cl. The van der Waals surface area contributed by atoms with Crippen LogP contribution < -0.4 is 0 Å². The second kappa shape index (κ2) is 4.37. The van der Waals surface area contributed by atoms with E-state index < -0.39 is 0 Å². The van der Waals surface area contributed by atoms with Crippen molar-refractivity contribution < 1.29 is 4.39 Å². The monoisotopic (exact) mass is 240 g/mol. The van der Waals surface area contributed by atoms with Gasteiger partial charge in [0.25, 0.3) is 0 Å². The van der Waals surface area contributed by atoms with Gasteiger partial charge in [-0.05, 0) is 43.2 Å². The maximum absolute atomic E-state index is 13.8. The van der Waals surface area contributed by atoms with Gasteiger partial charge in [-0.15, -0.1) is 0 Å². The van der Waals surface area contributed by atoms with Gasteiger partial charge in [-0.3, -0.25) is 0 Å². The molecular weight excluding hydrogens is 223 g/mol. The van der Waals surface area contributed by atoms with E-state index in [9.17, 15) is 4.39 Å². The highest BCUT2D eigenvalue weighted by Gasteiger charge is 2.30. The van der Waals surface area contributed by atoms with Crippen molar-refractivity contribution in [2.24, 2.45) is 5.41 Å². The lowest BCUT2D eigenvalue weighted by Crippen LogP contribution is -2.16. The fourth-order valence-electron chi connectivity index (χ4n) is 2.71. The molecule has 2 heteroatoms. The highest BCUT2D eigenvalue weighted by molar-refractivity contribution is 6.32. The van der Waals surface area contributed by atoms with E-state index in [0.717, 1.165) is 12.0 Å². The summed E-state index contributed by atoms with van der Waals surface area (Å²) in [6.07, 6.45) is 5.69. The van der Waals surface area contributed by atoms with Crippen molar-refractivity contribution in [2.75, 3.05) is 0 Å². The Hall–Kier alpha value is -0.560. The van der Waals surface area contributed by atoms with E-state index in [2.05, 4.69) is 6.92 Å². The van der Waals surface area contributed by atoms with Crippen LogP contribution in [0.15, 0.2) is 12.1 Å². The lowest BCUT2D eigenvalue weighted by molar-refractivity contribution is 0.329. The first kappa shape index (κ1) is 11.9. The summed E-state index contributed by atoms with van der Waals surface area (Å²) in [5, 5.41) is 0.619. The minimum Gasteiger partial charge on any atom is -0.207 e. The van der Waals surface area contributed by atoms with Crippen molar-refractivity contribution in [2.45, 2.75) is 46.0 Å². The average molecular weight is 241 g/mol. The number of hydrogen-bond donors (Lipinski definition) is 0. The molecule has 0 saturated heterocycles. The van der Waals surface area contributed by atoms with E-state index in [1.54, 1.807) is 6.07 Å². The van der Waals surface area contributed by atoms with E-state index in [1.165, 1.54) is 31.7 Å². The first-order valence-electron chi connectivity index (χ1n) is 5.95. The van der Waals surface area contributed by atoms with E-state index in [1.807, 2.05) is 6.92 Å². The summed E-state index contributed by atoms with van der Waals surface area (Å²) in [5.74, 6) is -0.149. The molecule has 0 heterocycles. The van der Waals surface area contributed by atoms with Crippen LogP contribution in [0, 0.1) is 18.2 Å². The third-order valence-corrected chi connectivity index (χ3v) is 4.32. The first-order chi connectivity index (χ1) is 7.52. The summed E-state index contributed by atoms with van der Waals surface area (Å²) in [5.41, 5.74) is 1.93. The molecule has 1 aliphatic carbocycles. The molecule has 0 atom stereocenters. The Morgan fingerprint density at radius 1 is 1.31 bits per heavy atom. The van der Waals surface area contributed by atoms with Gasteiger partial charge in [0, 0.05) is 10.6 Å². The van der Waals surface area contributed by atoms with Crippen LogP contribution >= 0.6 is 11.6 Å². The van der Waals surface area contributed by atoms with Gasteiger partial charge in [-0.2, -0.15) is 0 Å². The number of aryl methyl sites for hydroxylation is 1. The van der Waals surface area contributed by atoms with E-state index in [0.29, 0.717) is 10.6 Å². The second-order valence-electron chi connectivity index (χ2n) is 5.35. The largest absolute Gasteiger partial charge is 0.207 e. The average Bonchev–Trinajstić information content (AvgIpc) is 2.66. The normalized spacial score (nSPS) is 19.0. The Labute approximate surface area is 102 Å². The molecule has 0 N–H and O–H groups in total. The fraction of sp³-hybridized carbons (Fsp3) is 0.571. The third kappa shape index (κ3) is 2.24. The van der Waals surface area contributed by atoms with Crippen LogP contribution in [-0.4, -0.2) is 0 Å². The predicted octanol–water partition coefficient (Wildman–Crippen LogP) is 4.91. The van der Waals surface area contributed by atoms with Crippen LogP contribution in [0.2, 0.25) is 5.02 Å². The Morgan fingerprint density at radius 3 is 2.56 bits per heavy atom. The van der Waals surface area contributed by atoms with Gasteiger partial charge < -0.3 is 0 Å². The van der Waals surface area contributed by atoms with Crippen molar-refractivity contribution in [3.63, 3.8) is 0 Å². The molecule has 0 aliphatic heterocycles. The summed E-state index contributed by atoms with van der Waals surface area (Å²) >= 11 is 6.20. The molecule has 1 aromatic carbocycles. The zero-order valence-electron chi connectivity index (χ0n) is 9.95. The first-order valence-corrected chi connectivity index (χ1v) is 6.33. The van der Waals surface area contributed by atoms with Crippen LogP contribution in [-0.2, 0) is 6.42 Å². The lowest BCUT2D eigenvalue weighted by Gasteiger charge is -2.24. The Kier molecular flexibility index (Phi) is 3.25. The molecule has 0 amide bonds. The molecule has 0 radical (unpaired) electrons. The maximum atomic E-state index is 13.8. The fourth-order valence-corrected chi connectivity index (χ4v) is 2.93. The molecule has 0 spiro atoms. The van der Waals surface area contributed by atoms with Crippen molar-refractivity contribution >= 4 is 11.6 Å².